The second kappa shape index (κ2) is 7.44. The molecule has 1 aliphatic heterocycles. The molecule has 0 unspecified atom stereocenters. The Morgan fingerprint density at radius 2 is 2.04 bits per heavy atom. The van der Waals surface area contributed by atoms with Crippen LogP contribution in [0.25, 0.3) is 11.1 Å². The predicted molar refractivity (Wildman–Crippen MR) is 108 cm³/mol. The normalized spacial score (nSPS) is 15.0. The number of aryl methyl sites for hydroxylation is 1. The van der Waals surface area contributed by atoms with Gasteiger partial charge in [0.05, 0.1) is 11.6 Å². The van der Waals surface area contributed by atoms with Gasteiger partial charge in [0.2, 0.25) is 5.91 Å². The van der Waals surface area contributed by atoms with Crippen LogP contribution in [0.2, 0.25) is 0 Å². The van der Waals surface area contributed by atoms with Gasteiger partial charge in [-0.1, -0.05) is 30.3 Å². The Bertz CT molecular complexity index is 1040. The van der Waals surface area contributed by atoms with E-state index in [4.69, 9.17) is 10.5 Å². The number of carbonyl (C=O) groups is 2. The van der Waals surface area contributed by atoms with Crippen molar-refractivity contribution in [1.82, 2.24) is 10.3 Å². The Morgan fingerprint density at radius 1 is 1.25 bits per heavy atom. The molecular weight excluding hydrogens is 374 g/mol. The number of nitrogens with two attached hydrogens (primary N) is 1. The minimum absolute atomic E-state index is 0.135. The lowest BCUT2D eigenvalue weighted by molar-refractivity contribution is 0.0928. The Labute approximate surface area is 166 Å². The van der Waals surface area contributed by atoms with Crippen molar-refractivity contribution >= 4 is 23.2 Å². The molecule has 2 aromatic carbocycles. The van der Waals surface area contributed by atoms with E-state index in [0.717, 1.165) is 33.9 Å². The predicted octanol–water partition coefficient (Wildman–Crippen LogP) is 2.95. The van der Waals surface area contributed by atoms with Gasteiger partial charge >= 0.3 is 0 Å². The first kappa shape index (κ1) is 18.2. The lowest BCUT2D eigenvalue weighted by atomic mass is 9.99. The average Bonchev–Trinajstić information content (AvgIpc) is 3.31. The molecule has 1 aliphatic rings. The van der Waals surface area contributed by atoms with Crippen LogP contribution in [-0.2, 0) is 6.42 Å². The average molecular weight is 393 g/mol. The molecule has 0 saturated heterocycles. The highest BCUT2D eigenvalue weighted by Crippen LogP contribution is 2.38. The van der Waals surface area contributed by atoms with Crippen molar-refractivity contribution < 1.29 is 14.3 Å². The monoisotopic (exact) mass is 393 g/mol. The summed E-state index contributed by atoms with van der Waals surface area (Å²) in [4.78, 5) is 27.7. The Morgan fingerprint density at radius 3 is 2.71 bits per heavy atom. The topological polar surface area (TPSA) is 94.3 Å². The summed E-state index contributed by atoms with van der Waals surface area (Å²) in [5.41, 5.74) is 9.22. The van der Waals surface area contributed by atoms with Crippen molar-refractivity contribution in [2.24, 2.45) is 5.73 Å². The molecule has 4 rings (SSSR count). The van der Waals surface area contributed by atoms with Gasteiger partial charge in [-0.3, -0.25) is 9.59 Å². The van der Waals surface area contributed by atoms with Crippen LogP contribution in [0.4, 0.5) is 0 Å². The maximum Gasteiger partial charge on any atom is 0.270 e. The summed E-state index contributed by atoms with van der Waals surface area (Å²) >= 11 is 1.45. The smallest absolute Gasteiger partial charge is 0.270 e. The van der Waals surface area contributed by atoms with E-state index in [1.807, 2.05) is 37.3 Å². The van der Waals surface area contributed by atoms with Crippen LogP contribution >= 0.6 is 11.3 Å². The molecule has 0 bridgehead atoms. The van der Waals surface area contributed by atoms with Crippen LogP contribution in [0.1, 0.15) is 31.4 Å². The fraction of sp³-hybridized carbons (Fsp3) is 0.190. The van der Waals surface area contributed by atoms with Crippen molar-refractivity contribution in [2.75, 3.05) is 6.54 Å². The molecule has 3 N–H and O–H groups in total. The molecule has 0 spiro atoms. The molecule has 2 amide bonds. The Balaban J connectivity index is 1.47. The number of hydrogen-bond donors (Lipinski definition) is 2. The van der Waals surface area contributed by atoms with Crippen molar-refractivity contribution in [3.05, 3.63) is 69.7 Å². The van der Waals surface area contributed by atoms with E-state index in [1.54, 1.807) is 17.5 Å². The number of benzene rings is 2. The molecule has 2 heterocycles. The molecule has 0 aliphatic carbocycles. The third kappa shape index (κ3) is 3.61. The quantitative estimate of drug-likeness (QED) is 0.697. The molecule has 6 nitrogen and oxygen atoms in total. The highest BCUT2D eigenvalue weighted by Gasteiger charge is 2.26. The number of aromatic nitrogens is 1. The summed E-state index contributed by atoms with van der Waals surface area (Å²) in [6, 6.07) is 13.1. The summed E-state index contributed by atoms with van der Waals surface area (Å²) in [6.45, 7) is 2.28. The first-order valence-electron chi connectivity index (χ1n) is 8.90. The van der Waals surface area contributed by atoms with Crippen LogP contribution in [-0.4, -0.2) is 29.4 Å². The summed E-state index contributed by atoms with van der Waals surface area (Å²) in [6.07, 6.45) is 0.587. The number of hydrogen-bond acceptors (Lipinski definition) is 5. The van der Waals surface area contributed by atoms with E-state index in [-0.39, 0.29) is 12.0 Å². The maximum absolute atomic E-state index is 12.2. The standard InChI is InChI=1S/C21H19N3O3S/c1-12-24-18(11-28-12)21(26)23-10-16-9-15-3-2-4-17(19(15)27-16)13-5-7-14(8-6-13)20(22)25/h2-8,11,16H,9-10H2,1H3,(H2,22,25)(H,23,26)/t16-/m1/s1. The number of rotatable bonds is 5. The van der Waals surface area contributed by atoms with Crippen LogP contribution < -0.4 is 15.8 Å². The second-order valence-electron chi connectivity index (χ2n) is 6.64. The molecule has 142 valence electrons. The van der Waals surface area contributed by atoms with Gasteiger partial charge in [0.15, 0.2) is 0 Å². The maximum atomic E-state index is 12.2. The minimum Gasteiger partial charge on any atom is -0.487 e. The van der Waals surface area contributed by atoms with Crippen molar-refractivity contribution in [3.8, 4) is 16.9 Å². The Kier molecular flexibility index (Phi) is 4.83. The van der Waals surface area contributed by atoms with Gasteiger partial charge in [-0.2, -0.15) is 0 Å². The number of carbonyl (C=O) groups excluding carboxylic acids is 2. The summed E-state index contributed by atoms with van der Waals surface area (Å²) in [5, 5.41) is 5.51. The van der Waals surface area contributed by atoms with Gasteiger partial charge in [0.25, 0.3) is 5.91 Å². The molecule has 3 aromatic rings. The zero-order valence-corrected chi connectivity index (χ0v) is 16.1. The van der Waals surface area contributed by atoms with E-state index in [0.29, 0.717) is 17.8 Å². The summed E-state index contributed by atoms with van der Waals surface area (Å²) in [7, 11) is 0. The number of fused-ring (bicyclic) bond motifs is 1. The number of nitrogens with one attached hydrogen (secondary N) is 1. The van der Waals surface area contributed by atoms with E-state index < -0.39 is 5.91 Å². The van der Waals surface area contributed by atoms with E-state index in [9.17, 15) is 9.59 Å². The molecular formula is C21H19N3O3S. The van der Waals surface area contributed by atoms with Crippen molar-refractivity contribution in [1.29, 1.82) is 0 Å². The highest BCUT2D eigenvalue weighted by atomic mass is 32.1. The first-order valence-corrected chi connectivity index (χ1v) is 9.78. The Hall–Kier alpha value is -3.19. The zero-order valence-electron chi connectivity index (χ0n) is 15.3. The lowest BCUT2D eigenvalue weighted by Gasteiger charge is -2.13. The molecule has 7 heteroatoms. The third-order valence-electron chi connectivity index (χ3n) is 4.65. The summed E-state index contributed by atoms with van der Waals surface area (Å²) < 4.78 is 6.14. The van der Waals surface area contributed by atoms with Crippen molar-refractivity contribution in [2.45, 2.75) is 19.4 Å². The SMILES string of the molecule is Cc1nc(C(=O)NC[C@H]2Cc3cccc(-c4ccc(C(N)=O)cc4)c3O2)cs1. The second-order valence-corrected chi connectivity index (χ2v) is 7.70. The molecule has 1 aromatic heterocycles. The molecule has 0 radical (unpaired) electrons. The van der Waals surface area contributed by atoms with Crippen LogP contribution in [0.15, 0.2) is 47.8 Å². The first-order chi connectivity index (χ1) is 13.5. The number of para-hydroxylation sites is 1. The fourth-order valence-electron chi connectivity index (χ4n) is 3.26. The molecule has 0 saturated carbocycles. The fourth-order valence-corrected chi connectivity index (χ4v) is 3.85. The number of primary amides is 1. The van der Waals surface area contributed by atoms with Gasteiger partial charge in [-0.05, 0) is 30.2 Å². The number of amides is 2. The van der Waals surface area contributed by atoms with E-state index >= 15 is 0 Å². The molecule has 0 fully saturated rings. The van der Waals surface area contributed by atoms with Crippen LogP contribution in [0.3, 0.4) is 0 Å². The van der Waals surface area contributed by atoms with Gasteiger partial charge in [0.1, 0.15) is 17.5 Å². The summed E-state index contributed by atoms with van der Waals surface area (Å²) in [5.74, 6) is 0.177. The number of ether oxygens (including phenoxy) is 1. The highest BCUT2D eigenvalue weighted by molar-refractivity contribution is 7.09. The molecule has 1 atom stereocenters. The van der Waals surface area contributed by atoms with Crippen LogP contribution in [0, 0.1) is 6.92 Å². The van der Waals surface area contributed by atoms with Gasteiger partial charge in [0, 0.05) is 22.9 Å². The zero-order chi connectivity index (χ0) is 19.7. The van der Waals surface area contributed by atoms with Gasteiger partial charge < -0.3 is 15.8 Å². The van der Waals surface area contributed by atoms with Gasteiger partial charge in [-0.15, -0.1) is 11.3 Å². The molecule has 28 heavy (non-hydrogen) atoms. The van der Waals surface area contributed by atoms with Gasteiger partial charge in [-0.25, -0.2) is 4.98 Å². The van der Waals surface area contributed by atoms with Crippen LogP contribution in [0.5, 0.6) is 5.75 Å². The minimum atomic E-state index is -0.452. The number of thiazole rings is 1. The van der Waals surface area contributed by atoms with E-state index in [2.05, 4.69) is 10.3 Å². The largest absolute Gasteiger partial charge is 0.487 e. The number of nitrogens with zero attached hydrogens (tertiary/aromatic N) is 1. The third-order valence-corrected chi connectivity index (χ3v) is 5.42. The lowest BCUT2D eigenvalue weighted by Crippen LogP contribution is -2.34. The van der Waals surface area contributed by atoms with E-state index in [1.165, 1.54) is 11.3 Å². The van der Waals surface area contributed by atoms with Crippen molar-refractivity contribution in [3.63, 3.8) is 0 Å².